The summed E-state index contributed by atoms with van der Waals surface area (Å²) in [6, 6.07) is 0.0452. The Hall–Kier alpha value is -0.250. The van der Waals surface area contributed by atoms with Crippen molar-refractivity contribution in [2.75, 3.05) is 19.7 Å². The molecular formula is C17H33F3IN3O. The van der Waals surface area contributed by atoms with Crippen LogP contribution in [0.4, 0.5) is 13.2 Å². The van der Waals surface area contributed by atoms with Crippen molar-refractivity contribution in [2.24, 2.45) is 16.8 Å². The fourth-order valence-corrected chi connectivity index (χ4v) is 3.22. The second-order valence-corrected chi connectivity index (χ2v) is 6.62. The van der Waals surface area contributed by atoms with Gasteiger partial charge >= 0.3 is 6.18 Å². The number of nitrogens with one attached hydrogen (secondary N) is 2. The molecule has 25 heavy (non-hydrogen) atoms. The normalized spacial score (nSPS) is 22.9. The summed E-state index contributed by atoms with van der Waals surface area (Å²) in [5, 5.41) is 15.6. The molecule has 0 saturated heterocycles. The highest BCUT2D eigenvalue weighted by molar-refractivity contribution is 14.0. The zero-order valence-electron chi connectivity index (χ0n) is 15.2. The first kappa shape index (κ1) is 24.8. The maximum absolute atomic E-state index is 12.7. The number of nitrogens with zero attached hydrogens (tertiary/aromatic N) is 1. The molecule has 0 radical (unpaired) electrons. The molecular weight excluding hydrogens is 446 g/mol. The maximum Gasteiger partial charge on any atom is 0.391 e. The number of halogens is 4. The number of guanidine groups is 1. The third-order valence-corrected chi connectivity index (χ3v) is 4.62. The van der Waals surface area contributed by atoms with E-state index in [1.54, 1.807) is 0 Å². The van der Waals surface area contributed by atoms with Gasteiger partial charge in [0.2, 0.25) is 0 Å². The molecule has 1 saturated carbocycles. The Labute approximate surface area is 166 Å². The lowest BCUT2D eigenvalue weighted by Gasteiger charge is -2.31. The summed E-state index contributed by atoms with van der Waals surface area (Å²) in [6.07, 6.45) is 0.126. The molecule has 0 bridgehead atoms. The summed E-state index contributed by atoms with van der Waals surface area (Å²) in [6.45, 7) is 5.57. The molecule has 3 N–H and O–H groups in total. The van der Waals surface area contributed by atoms with E-state index < -0.39 is 12.1 Å². The molecule has 8 heteroatoms. The van der Waals surface area contributed by atoms with Crippen molar-refractivity contribution < 1.29 is 18.3 Å². The van der Waals surface area contributed by atoms with Crippen molar-refractivity contribution in [3.8, 4) is 0 Å². The van der Waals surface area contributed by atoms with Crippen molar-refractivity contribution in [3.05, 3.63) is 0 Å². The zero-order valence-corrected chi connectivity index (χ0v) is 17.6. The van der Waals surface area contributed by atoms with Crippen LogP contribution in [0.2, 0.25) is 0 Å². The Morgan fingerprint density at radius 1 is 1.16 bits per heavy atom. The van der Waals surface area contributed by atoms with Gasteiger partial charge in [-0.25, -0.2) is 0 Å². The van der Waals surface area contributed by atoms with E-state index >= 15 is 0 Å². The lowest BCUT2D eigenvalue weighted by Crippen LogP contribution is -2.46. The highest BCUT2D eigenvalue weighted by atomic mass is 127. The molecule has 0 aromatic rings. The van der Waals surface area contributed by atoms with Crippen molar-refractivity contribution in [1.82, 2.24) is 10.6 Å². The van der Waals surface area contributed by atoms with E-state index in [9.17, 15) is 13.2 Å². The molecule has 0 spiro atoms. The van der Waals surface area contributed by atoms with Crippen LogP contribution in [0, 0.1) is 11.8 Å². The number of rotatable bonds is 8. The first-order valence-electron chi connectivity index (χ1n) is 9.13. The Morgan fingerprint density at radius 2 is 1.80 bits per heavy atom. The summed E-state index contributed by atoms with van der Waals surface area (Å²) in [4.78, 5) is 4.57. The number of hydrogen-bond donors (Lipinski definition) is 3. The van der Waals surface area contributed by atoms with Gasteiger partial charge in [0, 0.05) is 25.7 Å². The average Bonchev–Trinajstić information content (AvgIpc) is 2.52. The highest BCUT2D eigenvalue weighted by Crippen LogP contribution is 2.37. The summed E-state index contributed by atoms with van der Waals surface area (Å²) >= 11 is 0. The number of aliphatic hydroxyl groups is 1. The molecule has 0 aromatic heterocycles. The average molecular weight is 479 g/mol. The minimum Gasteiger partial charge on any atom is -0.396 e. The largest absolute Gasteiger partial charge is 0.396 e. The van der Waals surface area contributed by atoms with Crippen molar-refractivity contribution in [2.45, 2.75) is 71.0 Å². The monoisotopic (exact) mass is 479 g/mol. The van der Waals surface area contributed by atoms with Gasteiger partial charge < -0.3 is 15.7 Å². The van der Waals surface area contributed by atoms with Crippen LogP contribution in [0.3, 0.4) is 0 Å². The molecule has 0 amide bonds. The predicted octanol–water partition coefficient (Wildman–Crippen LogP) is 4.08. The second-order valence-electron chi connectivity index (χ2n) is 6.62. The first-order valence-corrected chi connectivity index (χ1v) is 9.13. The van der Waals surface area contributed by atoms with E-state index in [-0.39, 0.29) is 49.5 Å². The highest BCUT2D eigenvalue weighted by Gasteiger charge is 2.41. The molecule has 4 nitrogen and oxygen atoms in total. The van der Waals surface area contributed by atoms with Crippen LogP contribution in [-0.4, -0.2) is 43.0 Å². The summed E-state index contributed by atoms with van der Waals surface area (Å²) in [5.74, 6) is -0.142. The van der Waals surface area contributed by atoms with E-state index in [0.29, 0.717) is 37.8 Å². The molecule has 1 atom stereocenters. The number of aliphatic hydroxyl groups excluding tert-OH is 1. The minimum atomic E-state index is -4.07. The van der Waals surface area contributed by atoms with Crippen molar-refractivity contribution in [1.29, 1.82) is 0 Å². The fourth-order valence-electron chi connectivity index (χ4n) is 3.22. The van der Waals surface area contributed by atoms with Gasteiger partial charge in [-0.3, -0.25) is 4.99 Å². The molecule has 1 aliphatic carbocycles. The van der Waals surface area contributed by atoms with Crippen LogP contribution >= 0.6 is 24.0 Å². The first-order chi connectivity index (χ1) is 11.4. The molecule has 1 aliphatic rings. The molecule has 150 valence electrons. The fraction of sp³-hybridized carbons (Fsp3) is 0.941. The molecule has 0 heterocycles. The molecule has 1 unspecified atom stereocenters. The third-order valence-electron chi connectivity index (χ3n) is 4.62. The Balaban J connectivity index is 0.00000576. The molecule has 1 fully saturated rings. The van der Waals surface area contributed by atoms with Gasteiger partial charge in [-0.05, 0) is 51.4 Å². The van der Waals surface area contributed by atoms with Gasteiger partial charge in [-0.2, -0.15) is 13.2 Å². The van der Waals surface area contributed by atoms with Crippen molar-refractivity contribution in [3.63, 3.8) is 0 Å². The third kappa shape index (κ3) is 9.86. The van der Waals surface area contributed by atoms with E-state index in [2.05, 4.69) is 22.5 Å². The van der Waals surface area contributed by atoms with Crippen LogP contribution in [0.5, 0.6) is 0 Å². The SMILES string of the molecule is CCCC(CCO)CN=C(NCC)NC1CCC(C(F)(F)F)CC1.I. The van der Waals surface area contributed by atoms with E-state index in [1.807, 2.05) is 6.92 Å². The molecule has 0 aliphatic heterocycles. The Kier molecular flexibility index (Phi) is 12.9. The topological polar surface area (TPSA) is 56.7 Å². The second kappa shape index (κ2) is 13.0. The minimum absolute atomic E-state index is 0. The summed E-state index contributed by atoms with van der Waals surface area (Å²) in [7, 11) is 0. The van der Waals surface area contributed by atoms with Gasteiger partial charge in [0.1, 0.15) is 0 Å². The van der Waals surface area contributed by atoms with Gasteiger partial charge in [0.05, 0.1) is 5.92 Å². The lowest BCUT2D eigenvalue weighted by atomic mass is 9.85. The van der Waals surface area contributed by atoms with Crippen molar-refractivity contribution >= 4 is 29.9 Å². The number of aliphatic imine (C=N–C) groups is 1. The Morgan fingerprint density at radius 3 is 2.28 bits per heavy atom. The van der Waals surface area contributed by atoms with Gasteiger partial charge in [-0.15, -0.1) is 24.0 Å². The van der Waals surface area contributed by atoms with Crippen LogP contribution in [0.1, 0.15) is 58.8 Å². The lowest BCUT2D eigenvalue weighted by molar-refractivity contribution is -0.182. The maximum atomic E-state index is 12.7. The zero-order chi connectivity index (χ0) is 18.0. The number of alkyl halides is 3. The smallest absolute Gasteiger partial charge is 0.391 e. The van der Waals surface area contributed by atoms with Crippen LogP contribution < -0.4 is 10.6 Å². The van der Waals surface area contributed by atoms with E-state index in [1.165, 1.54) is 0 Å². The van der Waals surface area contributed by atoms with Gasteiger partial charge in [-0.1, -0.05) is 13.3 Å². The quantitative estimate of drug-likeness (QED) is 0.280. The van der Waals surface area contributed by atoms with Crippen LogP contribution in [0.15, 0.2) is 4.99 Å². The predicted molar refractivity (Wildman–Crippen MR) is 106 cm³/mol. The van der Waals surface area contributed by atoms with Gasteiger partial charge in [0.15, 0.2) is 5.96 Å². The van der Waals surface area contributed by atoms with E-state index in [0.717, 1.165) is 19.3 Å². The molecule has 0 aromatic carbocycles. The standard InChI is InChI=1S/C17H32F3N3O.HI/c1-3-5-13(10-11-24)12-22-16(21-4-2)23-15-8-6-14(7-9-15)17(18,19)20;/h13-15,24H,3-12H2,1-2H3,(H2,21,22,23);1H. The summed E-state index contributed by atoms with van der Waals surface area (Å²) in [5.41, 5.74) is 0. The van der Waals surface area contributed by atoms with Gasteiger partial charge in [0.25, 0.3) is 0 Å². The van der Waals surface area contributed by atoms with Crippen LogP contribution in [-0.2, 0) is 0 Å². The summed E-state index contributed by atoms with van der Waals surface area (Å²) < 4.78 is 38.2. The van der Waals surface area contributed by atoms with E-state index in [4.69, 9.17) is 5.11 Å². The number of hydrogen-bond acceptors (Lipinski definition) is 2. The Bertz CT molecular complexity index is 367. The molecule has 1 rings (SSSR count). The van der Waals surface area contributed by atoms with Crippen LogP contribution in [0.25, 0.3) is 0 Å².